The molecule has 2 aliphatic heterocycles. The molecular formula is C22H25ClO6S. The molecule has 0 bridgehead atoms. The Labute approximate surface area is 184 Å². The number of aliphatic hydroxyl groups is 3. The van der Waals surface area contributed by atoms with E-state index in [4.69, 9.17) is 25.8 Å². The molecule has 0 amide bonds. The van der Waals surface area contributed by atoms with Crippen LogP contribution in [0, 0.1) is 0 Å². The molecule has 2 heterocycles. The van der Waals surface area contributed by atoms with Gasteiger partial charge in [0.25, 0.3) is 0 Å². The van der Waals surface area contributed by atoms with Crippen molar-refractivity contribution < 1.29 is 29.5 Å². The fourth-order valence-corrected chi connectivity index (χ4v) is 4.36. The van der Waals surface area contributed by atoms with Crippen LogP contribution in [-0.4, -0.2) is 64.6 Å². The second kappa shape index (κ2) is 9.44. The first-order valence-electron chi connectivity index (χ1n) is 9.80. The van der Waals surface area contributed by atoms with Crippen LogP contribution in [0.3, 0.4) is 0 Å². The molecule has 2 aromatic carbocycles. The minimum atomic E-state index is -1.28. The molecule has 6 nitrogen and oxygen atoms in total. The van der Waals surface area contributed by atoms with E-state index in [9.17, 15) is 15.3 Å². The molecule has 0 aromatic heterocycles. The zero-order chi connectivity index (χ0) is 21.3. The highest BCUT2D eigenvalue weighted by molar-refractivity contribution is 7.99. The zero-order valence-corrected chi connectivity index (χ0v) is 18.1. The summed E-state index contributed by atoms with van der Waals surface area (Å²) < 4.78 is 16.7. The highest BCUT2D eigenvalue weighted by Gasteiger charge is 2.44. The maximum absolute atomic E-state index is 10.4. The number of rotatable bonds is 7. The highest BCUT2D eigenvalue weighted by atomic mass is 35.5. The van der Waals surface area contributed by atoms with Gasteiger partial charge in [-0.25, -0.2) is 0 Å². The van der Waals surface area contributed by atoms with Crippen molar-refractivity contribution in [2.24, 2.45) is 0 Å². The fraction of sp³-hybridized carbons (Fsp3) is 0.455. The lowest BCUT2D eigenvalue weighted by Gasteiger charge is -2.40. The summed E-state index contributed by atoms with van der Waals surface area (Å²) in [7, 11) is 0. The van der Waals surface area contributed by atoms with Gasteiger partial charge in [0.2, 0.25) is 0 Å². The Morgan fingerprint density at radius 1 is 1.07 bits per heavy atom. The third-order valence-corrected chi connectivity index (χ3v) is 6.58. The van der Waals surface area contributed by atoms with Crippen LogP contribution in [-0.2, 0) is 15.9 Å². The van der Waals surface area contributed by atoms with E-state index >= 15 is 0 Å². The first-order chi connectivity index (χ1) is 14.5. The molecule has 8 heteroatoms. The first-order valence-corrected chi connectivity index (χ1v) is 11.5. The van der Waals surface area contributed by atoms with Crippen molar-refractivity contribution >= 4 is 23.4 Å². The number of ether oxygens (including phenoxy) is 3. The summed E-state index contributed by atoms with van der Waals surface area (Å²) in [6, 6.07) is 13.2. The minimum Gasteiger partial charge on any atom is -0.491 e. The average molecular weight is 453 g/mol. The Hall–Kier alpha value is -1.32. The standard InChI is InChI=1S/C22H25ClO6S/c1-30-22-20(26)18(24)19(25)21(29-22)13-4-7-17(23)14(9-13)8-12-2-5-15(6-3-12)27-10-16-11-28-16/h2-7,9,16,18-22,24-26H,8,10-11H2,1H3/t16-,18-,19-,20+,21+,22-/m1/s1. The molecule has 0 unspecified atom stereocenters. The number of thioether (sulfide) groups is 1. The molecule has 0 aliphatic carbocycles. The number of aliphatic hydroxyl groups excluding tert-OH is 3. The molecule has 2 saturated heterocycles. The molecule has 30 heavy (non-hydrogen) atoms. The average Bonchev–Trinajstić information content (AvgIpc) is 3.58. The van der Waals surface area contributed by atoms with Crippen molar-refractivity contribution in [1.29, 1.82) is 0 Å². The number of hydrogen-bond donors (Lipinski definition) is 3. The van der Waals surface area contributed by atoms with E-state index in [0.29, 0.717) is 23.6 Å². The molecule has 4 rings (SSSR count). The van der Waals surface area contributed by atoms with Gasteiger partial charge in [0.15, 0.2) is 0 Å². The van der Waals surface area contributed by atoms with E-state index in [1.807, 2.05) is 30.3 Å². The summed E-state index contributed by atoms with van der Waals surface area (Å²) in [5, 5.41) is 31.3. The summed E-state index contributed by atoms with van der Waals surface area (Å²) in [5.41, 5.74) is 2.02. The second-order valence-electron chi connectivity index (χ2n) is 7.57. The van der Waals surface area contributed by atoms with E-state index in [1.165, 1.54) is 11.8 Å². The van der Waals surface area contributed by atoms with Gasteiger partial charge in [-0.3, -0.25) is 0 Å². The maximum atomic E-state index is 10.4. The summed E-state index contributed by atoms with van der Waals surface area (Å²) in [5.74, 6) is 0.795. The lowest BCUT2D eigenvalue weighted by molar-refractivity contribution is -0.200. The summed E-state index contributed by atoms with van der Waals surface area (Å²) in [6.45, 7) is 1.33. The van der Waals surface area contributed by atoms with Crippen LogP contribution in [0.5, 0.6) is 5.75 Å². The monoisotopic (exact) mass is 452 g/mol. The van der Waals surface area contributed by atoms with Crippen molar-refractivity contribution in [2.75, 3.05) is 19.5 Å². The Morgan fingerprint density at radius 2 is 1.80 bits per heavy atom. The topological polar surface area (TPSA) is 91.7 Å². The molecule has 2 aromatic rings. The van der Waals surface area contributed by atoms with Gasteiger partial charge in [-0.1, -0.05) is 35.9 Å². The van der Waals surface area contributed by atoms with Crippen LogP contribution in [0.25, 0.3) is 0 Å². The molecule has 162 valence electrons. The van der Waals surface area contributed by atoms with E-state index in [1.54, 1.807) is 18.4 Å². The lowest BCUT2D eigenvalue weighted by atomic mass is 9.92. The Morgan fingerprint density at radius 3 is 2.47 bits per heavy atom. The van der Waals surface area contributed by atoms with Crippen LogP contribution >= 0.6 is 23.4 Å². The largest absolute Gasteiger partial charge is 0.491 e. The van der Waals surface area contributed by atoms with E-state index < -0.39 is 29.9 Å². The molecular weight excluding hydrogens is 428 g/mol. The van der Waals surface area contributed by atoms with Crippen molar-refractivity contribution in [1.82, 2.24) is 0 Å². The Balaban J connectivity index is 1.48. The molecule has 0 radical (unpaired) electrons. The lowest BCUT2D eigenvalue weighted by Crippen LogP contribution is -2.52. The molecule has 2 aliphatic rings. The molecule has 6 atom stereocenters. The summed E-state index contributed by atoms with van der Waals surface area (Å²) >= 11 is 7.71. The number of epoxide rings is 1. The number of hydrogen-bond acceptors (Lipinski definition) is 7. The van der Waals surface area contributed by atoms with E-state index in [-0.39, 0.29) is 6.10 Å². The third kappa shape index (κ3) is 4.94. The van der Waals surface area contributed by atoms with Crippen molar-refractivity contribution in [3.8, 4) is 5.75 Å². The van der Waals surface area contributed by atoms with Crippen LogP contribution < -0.4 is 4.74 Å². The first kappa shape index (κ1) is 21.9. The molecule has 0 spiro atoms. The van der Waals surface area contributed by atoms with Gasteiger partial charge < -0.3 is 29.5 Å². The van der Waals surface area contributed by atoms with Crippen LogP contribution in [0.2, 0.25) is 5.02 Å². The SMILES string of the molecule is CS[C@H]1O[C@@H](c2ccc(Cl)c(Cc3ccc(OC[C@@H]4CO4)cc3)c2)[C@H](O)[C@@H](O)[C@@H]1O. The smallest absolute Gasteiger partial charge is 0.132 e. The molecule has 0 saturated carbocycles. The van der Waals surface area contributed by atoms with Gasteiger partial charge in [-0.05, 0) is 47.6 Å². The minimum absolute atomic E-state index is 0.217. The van der Waals surface area contributed by atoms with Crippen LogP contribution in [0.4, 0.5) is 0 Å². The third-order valence-electron chi connectivity index (χ3n) is 5.36. The number of benzene rings is 2. The van der Waals surface area contributed by atoms with Gasteiger partial charge in [-0.15, -0.1) is 11.8 Å². The Bertz CT molecular complexity index is 857. The number of halogens is 1. The van der Waals surface area contributed by atoms with Crippen molar-refractivity contribution in [3.63, 3.8) is 0 Å². The van der Waals surface area contributed by atoms with Gasteiger partial charge in [0, 0.05) is 5.02 Å². The summed E-state index contributed by atoms with van der Waals surface area (Å²) in [4.78, 5) is 0. The quantitative estimate of drug-likeness (QED) is 0.556. The maximum Gasteiger partial charge on any atom is 0.132 e. The van der Waals surface area contributed by atoms with Gasteiger partial charge >= 0.3 is 0 Å². The predicted molar refractivity (Wildman–Crippen MR) is 115 cm³/mol. The zero-order valence-electron chi connectivity index (χ0n) is 16.5. The van der Waals surface area contributed by atoms with Gasteiger partial charge in [-0.2, -0.15) is 0 Å². The predicted octanol–water partition coefficient (Wildman–Crippen LogP) is 2.55. The van der Waals surface area contributed by atoms with E-state index in [2.05, 4.69) is 0 Å². The van der Waals surface area contributed by atoms with Crippen LogP contribution in [0.1, 0.15) is 22.8 Å². The normalized spacial score (nSPS) is 30.8. The van der Waals surface area contributed by atoms with Gasteiger partial charge in [0.05, 0.1) is 6.61 Å². The van der Waals surface area contributed by atoms with Crippen molar-refractivity contribution in [2.45, 2.75) is 42.4 Å². The Kier molecular flexibility index (Phi) is 6.89. The van der Waals surface area contributed by atoms with Gasteiger partial charge in [0.1, 0.15) is 48.3 Å². The second-order valence-corrected chi connectivity index (χ2v) is 8.91. The van der Waals surface area contributed by atoms with Crippen molar-refractivity contribution in [3.05, 3.63) is 64.2 Å². The summed E-state index contributed by atoms with van der Waals surface area (Å²) in [6.07, 6.45) is -1.82. The highest BCUT2D eigenvalue weighted by Crippen LogP contribution is 2.37. The van der Waals surface area contributed by atoms with Crippen LogP contribution in [0.15, 0.2) is 42.5 Å². The molecule has 3 N–H and O–H groups in total. The fourth-order valence-electron chi connectivity index (χ4n) is 3.50. The molecule has 2 fully saturated rings. The van der Waals surface area contributed by atoms with E-state index in [0.717, 1.165) is 23.5 Å².